The molecular formula is C18H18F2N2O2S. The zero-order valence-corrected chi connectivity index (χ0v) is 14.2. The molecule has 7 heteroatoms. The van der Waals surface area contributed by atoms with Gasteiger partial charge in [-0.3, -0.25) is 0 Å². The first-order valence-corrected chi connectivity index (χ1v) is 9.44. The minimum absolute atomic E-state index is 0.00992. The van der Waals surface area contributed by atoms with Crippen LogP contribution < -0.4 is 5.73 Å². The summed E-state index contributed by atoms with van der Waals surface area (Å²) in [6.45, 7) is -0.0354. The molecule has 1 unspecified atom stereocenters. The number of benzene rings is 2. The van der Waals surface area contributed by atoms with Gasteiger partial charge in [0.05, 0.1) is 11.8 Å². The lowest BCUT2D eigenvalue weighted by Gasteiger charge is -2.24. The van der Waals surface area contributed by atoms with Gasteiger partial charge in [0.25, 0.3) is 0 Å². The second-order valence-electron chi connectivity index (χ2n) is 5.82. The zero-order valence-electron chi connectivity index (χ0n) is 13.4. The van der Waals surface area contributed by atoms with Crippen LogP contribution in [0.1, 0.15) is 17.2 Å². The summed E-state index contributed by atoms with van der Waals surface area (Å²) in [5, 5.41) is 0. The summed E-state index contributed by atoms with van der Waals surface area (Å²) in [4.78, 5) is 0. The molecule has 0 saturated carbocycles. The van der Waals surface area contributed by atoms with Crippen LogP contribution >= 0.6 is 0 Å². The monoisotopic (exact) mass is 364 g/mol. The van der Waals surface area contributed by atoms with Crippen LogP contribution in [0.5, 0.6) is 0 Å². The summed E-state index contributed by atoms with van der Waals surface area (Å²) >= 11 is 0. The Morgan fingerprint density at radius 3 is 2.52 bits per heavy atom. The summed E-state index contributed by atoms with van der Waals surface area (Å²) in [7, 11) is -3.63. The largest absolute Gasteiger partial charge is 0.329 e. The number of nitrogens with zero attached hydrogens (tertiary/aromatic N) is 1. The summed E-state index contributed by atoms with van der Waals surface area (Å²) in [6.07, 6.45) is 1.67. The minimum Gasteiger partial charge on any atom is -0.329 e. The molecule has 25 heavy (non-hydrogen) atoms. The lowest BCUT2D eigenvalue weighted by Crippen LogP contribution is -2.35. The Morgan fingerprint density at radius 1 is 1.12 bits per heavy atom. The highest BCUT2D eigenvalue weighted by Crippen LogP contribution is 2.37. The van der Waals surface area contributed by atoms with Crippen molar-refractivity contribution in [2.45, 2.75) is 6.04 Å². The number of rotatable bonds is 5. The fraction of sp³-hybridized carbons (Fsp3) is 0.222. The van der Waals surface area contributed by atoms with Gasteiger partial charge in [0, 0.05) is 18.7 Å². The minimum atomic E-state index is -3.63. The maximum atomic E-state index is 14.1. The number of halogens is 2. The number of nitrogens with two attached hydrogens (primary N) is 1. The van der Waals surface area contributed by atoms with Gasteiger partial charge in [-0.15, -0.1) is 0 Å². The van der Waals surface area contributed by atoms with Crippen LogP contribution in [0.3, 0.4) is 0 Å². The Hall–Kier alpha value is -2.09. The van der Waals surface area contributed by atoms with E-state index in [0.717, 1.165) is 23.8 Å². The predicted octanol–water partition coefficient (Wildman–Crippen LogP) is 2.69. The highest BCUT2D eigenvalue weighted by Gasteiger charge is 2.35. The molecular weight excluding hydrogens is 346 g/mol. The van der Waals surface area contributed by atoms with Crippen molar-refractivity contribution in [3.8, 4) is 0 Å². The standard InChI is InChI=1S/C18H18F2N2O2S/c19-15-6-7-17(20)16(11-15)14-10-18(13-4-2-1-3-5-13)22(12-14)25(23,24)9-8-21/h1-7,10-11,18H,8-9,12,21H2. The lowest BCUT2D eigenvalue weighted by atomic mass is 10.0. The van der Waals surface area contributed by atoms with Gasteiger partial charge in [-0.25, -0.2) is 17.2 Å². The van der Waals surface area contributed by atoms with Gasteiger partial charge in [0.15, 0.2) is 0 Å². The highest BCUT2D eigenvalue weighted by atomic mass is 32.2. The van der Waals surface area contributed by atoms with E-state index in [0.29, 0.717) is 5.57 Å². The zero-order chi connectivity index (χ0) is 18.0. The number of sulfonamides is 1. The van der Waals surface area contributed by atoms with Crippen molar-refractivity contribution >= 4 is 15.6 Å². The van der Waals surface area contributed by atoms with Gasteiger partial charge in [-0.05, 0) is 29.3 Å². The Labute approximate surface area is 145 Å². The van der Waals surface area contributed by atoms with E-state index < -0.39 is 27.7 Å². The van der Waals surface area contributed by atoms with Gasteiger partial charge < -0.3 is 5.73 Å². The molecule has 1 heterocycles. The Morgan fingerprint density at radius 2 is 1.84 bits per heavy atom. The van der Waals surface area contributed by atoms with Crippen molar-refractivity contribution < 1.29 is 17.2 Å². The Balaban J connectivity index is 2.06. The van der Waals surface area contributed by atoms with E-state index >= 15 is 0 Å². The molecule has 0 aliphatic carbocycles. The normalized spacial score (nSPS) is 18.4. The van der Waals surface area contributed by atoms with Gasteiger partial charge in [0.2, 0.25) is 10.0 Å². The molecule has 0 saturated heterocycles. The average molecular weight is 364 g/mol. The van der Waals surface area contributed by atoms with E-state index in [2.05, 4.69) is 0 Å². The first-order valence-electron chi connectivity index (χ1n) is 7.83. The van der Waals surface area contributed by atoms with Crippen LogP contribution in [0.2, 0.25) is 0 Å². The maximum Gasteiger partial charge on any atom is 0.216 e. The molecule has 0 fully saturated rings. The molecule has 1 atom stereocenters. The Kier molecular flexibility index (Phi) is 4.99. The highest BCUT2D eigenvalue weighted by molar-refractivity contribution is 7.89. The first-order chi connectivity index (χ1) is 11.9. The number of hydrogen-bond acceptors (Lipinski definition) is 3. The molecule has 0 amide bonds. The van der Waals surface area contributed by atoms with Gasteiger partial charge in [-0.1, -0.05) is 36.4 Å². The van der Waals surface area contributed by atoms with Crippen LogP contribution in [0, 0.1) is 11.6 Å². The first kappa shape index (κ1) is 17.7. The molecule has 1 aliphatic heterocycles. The van der Waals surface area contributed by atoms with Crippen LogP contribution in [0.25, 0.3) is 5.57 Å². The molecule has 0 aromatic heterocycles. The fourth-order valence-electron chi connectivity index (χ4n) is 2.96. The van der Waals surface area contributed by atoms with Crippen LogP contribution in [0.15, 0.2) is 54.6 Å². The lowest BCUT2D eigenvalue weighted by molar-refractivity contribution is 0.420. The van der Waals surface area contributed by atoms with Gasteiger partial charge >= 0.3 is 0 Å². The van der Waals surface area contributed by atoms with E-state index in [1.807, 2.05) is 6.07 Å². The van der Waals surface area contributed by atoms with Crippen molar-refractivity contribution in [2.75, 3.05) is 18.8 Å². The van der Waals surface area contributed by atoms with Crippen LogP contribution in [-0.4, -0.2) is 31.6 Å². The third kappa shape index (κ3) is 3.63. The van der Waals surface area contributed by atoms with Crippen LogP contribution in [-0.2, 0) is 10.0 Å². The van der Waals surface area contributed by atoms with Crippen molar-refractivity contribution in [1.29, 1.82) is 0 Å². The quantitative estimate of drug-likeness (QED) is 0.887. The third-order valence-electron chi connectivity index (χ3n) is 4.14. The van der Waals surface area contributed by atoms with Crippen LogP contribution in [0.4, 0.5) is 8.78 Å². The molecule has 2 aromatic rings. The molecule has 1 aliphatic rings. The summed E-state index contributed by atoms with van der Waals surface area (Å²) < 4.78 is 54.1. The summed E-state index contributed by atoms with van der Waals surface area (Å²) in [5.74, 6) is -1.36. The van der Waals surface area contributed by atoms with Crippen molar-refractivity contribution in [1.82, 2.24) is 4.31 Å². The van der Waals surface area contributed by atoms with Crippen molar-refractivity contribution in [3.05, 3.63) is 77.4 Å². The second-order valence-corrected chi connectivity index (χ2v) is 7.86. The fourth-order valence-corrected chi connectivity index (χ4v) is 4.36. The van der Waals surface area contributed by atoms with E-state index in [4.69, 9.17) is 5.73 Å². The van der Waals surface area contributed by atoms with E-state index in [1.54, 1.807) is 30.3 Å². The summed E-state index contributed by atoms with van der Waals surface area (Å²) in [5.41, 5.74) is 6.69. The average Bonchev–Trinajstić information content (AvgIpc) is 3.04. The molecule has 0 radical (unpaired) electrons. The van der Waals surface area contributed by atoms with E-state index in [1.165, 1.54) is 4.31 Å². The molecule has 0 spiro atoms. The molecule has 0 bridgehead atoms. The molecule has 4 nitrogen and oxygen atoms in total. The van der Waals surface area contributed by atoms with E-state index in [-0.39, 0.29) is 24.4 Å². The predicted molar refractivity (Wildman–Crippen MR) is 93.1 cm³/mol. The molecule has 132 valence electrons. The van der Waals surface area contributed by atoms with Crippen molar-refractivity contribution in [3.63, 3.8) is 0 Å². The molecule has 2 aromatic carbocycles. The SMILES string of the molecule is NCCS(=O)(=O)N1CC(c2cc(F)ccc2F)=CC1c1ccccc1. The van der Waals surface area contributed by atoms with E-state index in [9.17, 15) is 17.2 Å². The molecule has 3 rings (SSSR count). The van der Waals surface area contributed by atoms with Crippen molar-refractivity contribution in [2.24, 2.45) is 5.73 Å². The van der Waals surface area contributed by atoms with Gasteiger partial charge in [-0.2, -0.15) is 4.31 Å². The van der Waals surface area contributed by atoms with Gasteiger partial charge in [0.1, 0.15) is 11.6 Å². The topological polar surface area (TPSA) is 63.4 Å². The smallest absolute Gasteiger partial charge is 0.216 e. The third-order valence-corrected chi connectivity index (χ3v) is 5.97. The number of hydrogen-bond donors (Lipinski definition) is 1. The summed E-state index contributed by atoms with van der Waals surface area (Å²) in [6, 6.07) is 11.6. The molecule has 2 N–H and O–H groups in total. The Bertz CT molecular complexity index is 899. The maximum absolute atomic E-state index is 14.1. The second kappa shape index (κ2) is 7.03.